The second kappa shape index (κ2) is 7.39. The molecule has 0 saturated heterocycles. The molecule has 0 amide bonds. The predicted molar refractivity (Wildman–Crippen MR) is 91.2 cm³/mol. The summed E-state index contributed by atoms with van der Waals surface area (Å²) < 4.78 is 6.70. The first-order valence-electron chi connectivity index (χ1n) is 6.36. The number of alkyl halides is 1. The standard InChI is InChI=1S/C16H16BrClOS/c1-3-19-14-9-8-11(17)10-13(14)16(18)12-6-4-5-7-15(12)20-2/h4-10,16H,3H2,1-2H3. The van der Waals surface area contributed by atoms with E-state index in [1.807, 2.05) is 37.3 Å². The minimum absolute atomic E-state index is 0.224. The second-order valence-electron chi connectivity index (χ2n) is 4.22. The van der Waals surface area contributed by atoms with Crippen LogP contribution in [0.15, 0.2) is 51.8 Å². The molecule has 0 spiro atoms. The summed E-state index contributed by atoms with van der Waals surface area (Å²) in [6, 6.07) is 14.2. The maximum Gasteiger partial charge on any atom is 0.124 e. The molecule has 1 unspecified atom stereocenters. The van der Waals surface area contributed by atoms with E-state index in [1.54, 1.807) is 11.8 Å². The van der Waals surface area contributed by atoms with Crippen molar-refractivity contribution in [2.24, 2.45) is 0 Å². The van der Waals surface area contributed by atoms with Gasteiger partial charge in [-0.2, -0.15) is 0 Å². The molecule has 2 rings (SSSR count). The number of benzene rings is 2. The molecule has 0 aliphatic carbocycles. The highest BCUT2D eigenvalue weighted by atomic mass is 79.9. The van der Waals surface area contributed by atoms with E-state index in [0.717, 1.165) is 21.3 Å². The molecule has 4 heteroatoms. The summed E-state index contributed by atoms with van der Waals surface area (Å²) in [4.78, 5) is 1.19. The minimum Gasteiger partial charge on any atom is -0.494 e. The maximum absolute atomic E-state index is 6.71. The first-order valence-corrected chi connectivity index (χ1v) is 8.82. The lowest BCUT2D eigenvalue weighted by Crippen LogP contribution is -2.01. The summed E-state index contributed by atoms with van der Waals surface area (Å²) in [5.74, 6) is 0.839. The molecule has 0 N–H and O–H groups in total. The van der Waals surface area contributed by atoms with Crippen LogP contribution >= 0.6 is 39.3 Å². The molecule has 0 bridgehead atoms. The molecule has 106 valence electrons. The van der Waals surface area contributed by atoms with Gasteiger partial charge in [-0.3, -0.25) is 0 Å². The lowest BCUT2D eigenvalue weighted by molar-refractivity contribution is 0.336. The number of halogens is 2. The van der Waals surface area contributed by atoms with Crippen molar-refractivity contribution in [3.63, 3.8) is 0 Å². The summed E-state index contributed by atoms with van der Waals surface area (Å²) in [7, 11) is 0. The van der Waals surface area contributed by atoms with Crippen molar-refractivity contribution in [2.45, 2.75) is 17.2 Å². The highest BCUT2D eigenvalue weighted by Crippen LogP contribution is 2.40. The van der Waals surface area contributed by atoms with Crippen LogP contribution in [-0.2, 0) is 0 Å². The van der Waals surface area contributed by atoms with Gasteiger partial charge >= 0.3 is 0 Å². The normalized spacial score (nSPS) is 12.2. The van der Waals surface area contributed by atoms with Gasteiger partial charge in [0.25, 0.3) is 0 Å². The Morgan fingerprint density at radius 3 is 2.65 bits per heavy atom. The van der Waals surface area contributed by atoms with Gasteiger partial charge in [0.1, 0.15) is 5.75 Å². The van der Waals surface area contributed by atoms with Gasteiger partial charge in [0.2, 0.25) is 0 Å². The maximum atomic E-state index is 6.71. The number of hydrogen-bond donors (Lipinski definition) is 0. The third-order valence-electron chi connectivity index (χ3n) is 2.96. The summed E-state index contributed by atoms with van der Waals surface area (Å²) in [6.07, 6.45) is 2.06. The van der Waals surface area contributed by atoms with E-state index in [-0.39, 0.29) is 5.38 Å². The van der Waals surface area contributed by atoms with Crippen molar-refractivity contribution in [1.82, 2.24) is 0 Å². The van der Waals surface area contributed by atoms with Crippen LogP contribution in [0.25, 0.3) is 0 Å². The van der Waals surface area contributed by atoms with E-state index in [9.17, 15) is 0 Å². The number of hydrogen-bond acceptors (Lipinski definition) is 2. The lowest BCUT2D eigenvalue weighted by Gasteiger charge is -2.18. The Morgan fingerprint density at radius 2 is 1.95 bits per heavy atom. The topological polar surface area (TPSA) is 9.23 Å². The summed E-state index contributed by atoms with van der Waals surface area (Å²) >= 11 is 11.9. The molecule has 20 heavy (non-hydrogen) atoms. The van der Waals surface area contributed by atoms with Gasteiger partial charge in [-0.25, -0.2) is 0 Å². The molecular formula is C16H16BrClOS. The van der Waals surface area contributed by atoms with Gasteiger partial charge in [0.05, 0.1) is 12.0 Å². The summed E-state index contributed by atoms with van der Waals surface area (Å²) in [5.41, 5.74) is 2.10. The van der Waals surface area contributed by atoms with Crippen LogP contribution in [0.2, 0.25) is 0 Å². The molecule has 0 fully saturated rings. The van der Waals surface area contributed by atoms with Crippen LogP contribution in [0.3, 0.4) is 0 Å². The van der Waals surface area contributed by atoms with Gasteiger partial charge in [-0.05, 0) is 43.0 Å². The number of rotatable bonds is 5. The van der Waals surface area contributed by atoms with Crippen LogP contribution in [0.5, 0.6) is 5.75 Å². The van der Waals surface area contributed by atoms with E-state index >= 15 is 0 Å². The van der Waals surface area contributed by atoms with Crippen molar-refractivity contribution in [3.05, 3.63) is 58.1 Å². The Bertz CT molecular complexity index is 588. The molecular weight excluding hydrogens is 356 g/mol. The minimum atomic E-state index is -0.224. The monoisotopic (exact) mass is 370 g/mol. The SMILES string of the molecule is CCOc1ccc(Br)cc1C(Cl)c1ccccc1SC. The van der Waals surface area contributed by atoms with Crippen LogP contribution in [0.1, 0.15) is 23.4 Å². The predicted octanol–water partition coefficient (Wildman–Crippen LogP) is 5.90. The largest absolute Gasteiger partial charge is 0.494 e. The molecule has 2 aromatic carbocycles. The van der Waals surface area contributed by atoms with Gasteiger partial charge in [0.15, 0.2) is 0 Å². The van der Waals surface area contributed by atoms with Crippen molar-refractivity contribution in [2.75, 3.05) is 12.9 Å². The average Bonchev–Trinajstić information content (AvgIpc) is 2.48. The van der Waals surface area contributed by atoms with Crippen molar-refractivity contribution >= 4 is 39.3 Å². The average molecular weight is 372 g/mol. The zero-order valence-corrected chi connectivity index (χ0v) is 14.6. The van der Waals surface area contributed by atoms with Gasteiger partial charge in [-0.15, -0.1) is 23.4 Å². The molecule has 0 heterocycles. The Labute approximate surface area is 137 Å². The fraction of sp³-hybridized carbons (Fsp3) is 0.250. The molecule has 0 aromatic heterocycles. The Balaban J connectivity index is 2.46. The molecule has 0 aliphatic heterocycles. The van der Waals surface area contributed by atoms with Gasteiger partial charge in [-0.1, -0.05) is 34.1 Å². The van der Waals surface area contributed by atoms with E-state index in [1.165, 1.54) is 4.90 Å². The molecule has 1 nitrogen and oxygen atoms in total. The molecule has 0 radical (unpaired) electrons. The molecule has 0 aliphatic rings. The van der Waals surface area contributed by atoms with Crippen LogP contribution in [0.4, 0.5) is 0 Å². The van der Waals surface area contributed by atoms with Gasteiger partial charge in [0, 0.05) is 14.9 Å². The lowest BCUT2D eigenvalue weighted by atomic mass is 10.0. The number of thioether (sulfide) groups is 1. The zero-order valence-electron chi connectivity index (χ0n) is 11.4. The van der Waals surface area contributed by atoms with Crippen LogP contribution < -0.4 is 4.74 Å². The third-order valence-corrected chi connectivity index (χ3v) is 4.73. The Hall–Kier alpha value is -0.640. The van der Waals surface area contributed by atoms with E-state index in [4.69, 9.17) is 16.3 Å². The van der Waals surface area contributed by atoms with E-state index < -0.39 is 0 Å². The van der Waals surface area contributed by atoms with Crippen LogP contribution in [-0.4, -0.2) is 12.9 Å². The quantitative estimate of drug-likeness (QED) is 0.478. The van der Waals surface area contributed by atoms with E-state index in [2.05, 4.69) is 34.3 Å². The van der Waals surface area contributed by atoms with Crippen molar-refractivity contribution in [1.29, 1.82) is 0 Å². The first kappa shape index (κ1) is 15.7. The molecule has 2 aromatic rings. The van der Waals surface area contributed by atoms with Gasteiger partial charge < -0.3 is 4.74 Å². The number of ether oxygens (including phenoxy) is 1. The molecule has 1 atom stereocenters. The summed E-state index contributed by atoms with van der Waals surface area (Å²) in [6.45, 7) is 2.60. The van der Waals surface area contributed by atoms with Crippen LogP contribution in [0, 0.1) is 0 Å². The first-order chi connectivity index (χ1) is 9.67. The second-order valence-corrected chi connectivity index (χ2v) is 6.42. The summed E-state index contributed by atoms with van der Waals surface area (Å²) in [5, 5.41) is -0.224. The van der Waals surface area contributed by atoms with Crippen molar-refractivity contribution in [3.8, 4) is 5.75 Å². The fourth-order valence-electron chi connectivity index (χ4n) is 2.05. The Kier molecular flexibility index (Phi) is 5.82. The van der Waals surface area contributed by atoms with Crippen molar-refractivity contribution < 1.29 is 4.74 Å². The van der Waals surface area contributed by atoms with E-state index in [0.29, 0.717) is 6.61 Å². The smallest absolute Gasteiger partial charge is 0.124 e. The molecule has 0 saturated carbocycles. The Morgan fingerprint density at radius 1 is 1.20 bits per heavy atom. The fourth-order valence-corrected chi connectivity index (χ4v) is 3.49. The zero-order chi connectivity index (χ0) is 14.5. The highest BCUT2D eigenvalue weighted by molar-refractivity contribution is 9.10. The highest BCUT2D eigenvalue weighted by Gasteiger charge is 2.18. The third kappa shape index (κ3) is 3.51.